The molecule has 0 radical (unpaired) electrons. The quantitative estimate of drug-likeness (QED) is 0.639. The van der Waals surface area contributed by atoms with Crippen molar-refractivity contribution in [3.8, 4) is 17.6 Å². The Hall–Kier alpha value is -1.77. The van der Waals surface area contributed by atoms with Gasteiger partial charge in [0, 0.05) is 26.4 Å². The largest absolute Gasteiger partial charge is 0.497 e. The second kappa shape index (κ2) is 9.20. The molecule has 1 aromatic rings. The number of nitriles is 1. The lowest BCUT2D eigenvalue weighted by Gasteiger charge is -2.09. The third-order valence-corrected chi connectivity index (χ3v) is 2.43. The summed E-state index contributed by atoms with van der Waals surface area (Å²) < 4.78 is 20.9. The van der Waals surface area contributed by atoms with Crippen molar-refractivity contribution in [1.29, 1.82) is 5.26 Å². The van der Waals surface area contributed by atoms with E-state index in [9.17, 15) is 0 Å². The molecule has 0 aliphatic carbocycles. The first kappa shape index (κ1) is 15.3. The summed E-state index contributed by atoms with van der Waals surface area (Å²) in [6.45, 7) is 2.20. The van der Waals surface area contributed by atoms with Crippen LogP contribution < -0.4 is 9.47 Å². The van der Waals surface area contributed by atoms with Crippen LogP contribution in [0.2, 0.25) is 0 Å². The predicted molar refractivity (Wildman–Crippen MR) is 70.5 cm³/mol. The highest BCUT2D eigenvalue weighted by Gasteiger charge is 2.05. The van der Waals surface area contributed by atoms with Crippen molar-refractivity contribution >= 4 is 0 Å². The van der Waals surface area contributed by atoms with Gasteiger partial charge in [-0.25, -0.2) is 0 Å². The third-order valence-electron chi connectivity index (χ3n) is 2.43. The van der Waals surface area contributed by atoms with Crippen LogP contribution in [0, 0.1) is 11.3 Å². The van der Waals surface area contributed by atoms with Crippen LogP contribution in [-0.4, -0.2) is 40.6 Å². The zero-order valence-corrected chi connectivity index (χ0v) is 11.3. The lowest BCUT2D eigenvalue weighted by molar-refractivity contribution is 0.0805. The Morgan fingerprint density at radius 3 is 2.63 bits per heavy atom. The normalized spacial score (nSPS) is 9.95. The molecule has 19 heavy (non-hydrogen) atoms. The standard InChI is InChI=1S/C14H19NO4/c1-16-6-3-7-18-8-9-19-14-10-13(17-2)5-4-12(14)11-15/h4-5,10H,3,6-9H2,1-2H3. The van der Waals surface area contributed by atoms with E-state index in [1.807, 2.05) is 0 Å². The van der Waals surface area contributed by atoms with Crippen molar-refractivity contribution in [3.05, 3.63) is 23.8 Å². The molecular formula is C14H19NO4. The highest BCUT2D eigenvalue weighted by Crippen LogP contribution is 2.23. The van der Waals surface area contributed by atoms with E-state index in [1.165, 1.54) is 0 Å². The Kier molecular flexibility index (Phi) is 7.40. The number of hydrogen-bond acceptors (Lipinski definition) is 5. The maximum atomic E-state index is 8.97. The van der Waals surface area contributed by atoms with Crippen molar-refractivity contribution < 1.29 is 18.9 Å². The van der Waals surface area contributed by atoms with E-state index in [2.05, 4.69) is 6.07 Å². The summed E-state index contributed by atoms with van der Waals surface area (Å²) in [6, 6.07) is 7.18. The minimum atomic E-state index is 0.398. The van der Waals surface area contributed by atoms with Crippen LogP contribution >= 0.6 is 0 Å². The second-order valence-electron chi connectivity index (χ2n) is 3.78. The third kappa shape index (κ3) is 5.60. The van der Waals surface area contributed by atoms with Crippen LogP contribution in [0.4, 0.5) is 0 Å². The van der Waals surface area contributed by atoms with Crippen molar-refractivity contribution in [1.82, 2.24) is 0 Å². The van der Waals surface area contributed by atoms with Gasteiger partial charge >= 0.3 is 0 Å². The number of ether oxygens (including phenoxy) is 4. The first-order chi connectivity index (χ1) is 9.31. The Bertz CT molecular complexity index is 414. The summed E-state index contributed by atoms with van der Waals surface area (Å²) >= 11 is 0. The van der Waals surface area contributed by atoms with E-state index >= 15 is 0 Å². The van der Waals surface area contributed by atoms with Gasteiger partial charge in [0.1, 0.15) is 24.2 Å². The predicted octanol–water partition coefficient (Wildman–Crippen LogP) is 2.00. The molecule has 0 N–H and O–H groups in total. The van der Waals surface area contributed by atoms with E-state index in [0.29, 0.717) is 43.5 Å². The summed E-state index contributed by atoms with van der Waals surface area (Å²) in [5, 5.41) is 8.97. The summed E-state index contributed by atoms with van der Waals surface area (Å²) in [6.07, 6.45) is 0.860. The smallest absolute Gasteiger partial charge is 0.140 e. The van der Waals surface area contributed by atoms with E-state index in [1.54, 1.807) is 32.4 Å². The van der Waals surface area contributed by atoms with Crippen molar-refractivity contribution in [2.75, 3.05) is 40.6 Å². The molecule has 1 rings (SSSR count). The van der Waals surface area contributed by atoms with Gasteiger partial charge in [-0.15, -0.1) is 0 Å². The average Bonchev–Trinajstić information content (AvgIpc) is 2.46. The van der Waals surface area contributed by atoms with Crippen LogP contribution in [0.3, 0.4) is 0 Å². The summed E-state index contributed by atoms with van der Waals surface area (Å²) in [4.78, 5) is 0. The molecule has 5 heteroatoms. The maximum absolute atomic E-state index is 8.97. The van der Waals surface area contributed by atoms with Gasteiger partial charge in [0.25, 0.3) is 0 Å². The van der Waals surface area contributed by atoms with Gasteiger partial charge in [-0.05, 0) is 18.6 Å². The molecule has 0 aromatic heterocycles. The van der Waals surface area contributed by atoms with Gasteiger partial charge in [-0.2, -0.15) is 5.26 Å². The molecule has 1 aromatic carbocycles. The number of methoxy groups -OCH3 is 2. The van der Waals surface area contributed by atoms with Gasteiger partial charge in [0.2, 0.25) is 0 Å². The molecule has 0 amide bonds. The van der Waals surface area contributed by atoms with Crippen molar-refractivity contribution in [2.45, 2.75) is 6.42 Å². The fourth-order valence-corrected chi connectivity index (χ4v) is 1.46. The molecule has 5 nitrogen and oxygen atoms in total. The highest BCUT2D eigenvalue weighted by atomic mass is 16.5. The first-order valence-electron chi connectivity index (χ1n) is 6.09. The van der Waals surface area contributed by atoms with E-state index in [-0.39, 0.29) is 0 Å². The Morgan fingerprint density at radius 2 is 1.95 bits per heavy atom. The average molecular weight is 265 g/mol. The molecule has 0 spiro atoms. The highest BCUT2D eigenvalue weighted by molar-refractivity contribution is 5.47. The zero-order valence-electron chi connectivity index (χ0n) is 11.3. The molecule has 0 bridgehead atoms. The molecular weight excluding hydrogens is 246 g/mol. The lowest BCUT2D eigenvalue weighted by atomic mass is 10.2. The zero-order chi connectivity index (χ0) is 13.9. The summed E-state index contributed by atoms with van der Waals surface area (Å²) in [5.74, 6) is 1.18. The lowest BCUT2D eigenvalue weighted by Crippen LogP contribution is -2.09. The van der Waals surface area contributed by atoms with Crippen LogP contribution in [0.1, 0.15) is 12.0 Å². The van der Waals surface area contributed by atoms with Crippen LogP contribution in [-0.2, 0) is 9.47 Å². The number of benzene rings is 1. The van der Waals surface area contributed by atoms with Gasteiger partial charge in [0.15, 0.2) is 0 Å². The molecule has 0 atom stereocenters. The van der Waals surface area contributed by atoms with Gasteiger partial charge in [-0.3, -0.25) is 0 Å². The van der Waals surface area contributed by atoms with Crippen LogP contribution in [0.25, 0.3) is 0 Å². The van der Waals surface area contributed by atoms with E-state index in [0.717, 1.165) is 6.42 Å². The molecule has 0 fully saturated rings. The minimum Gasteiger partial charge on any atom is -0.497 e. The van der Waals surface area contributed by atoms with E-state index in [4.69, 9.17) is 24.2 Å². The Morgan fingerprint density at radius 1 is 1.11 bits per heavy atom. The number of hydrogen-bond donors (Lipinski definition) is 0. The Balaban J connectivity index is 2.34. The monoisotopic (exact) mass is 265 g/mol. The molecule has 0 saturated heterocycles. The Labute approximate surface area is 113 Å². The molecule has 0 heterocycles. The van der Waals surface area contributed by atoms with Crippen LogP contribution in [0.15, 0.2) is 18.2 Å². The van der Waals surface area contributed by atoms with E-state index < -0.39 is 0 Å². The van der Waals surface area contributed by atoms with Gasteiger partial charge in [0.05, 0.1) is 19.3 Å². The number of rotatable bonds is 9. The first-order valence-corrected chi connectivity index (χ1v) is 6.09. The maximum Gasteiger partial charge on any atom is 0.140 e. The molecule has 0 aliphatic rings. The minimum absolute atomic E-state index is 0.398. The summed E-state index contributed by atoms with van der Waals surface area (Å²) in [7, 11) is 3.24. The fraction of sp³-hybridized carbons (Fsp3) is 0.500. The fourth-order valence-electron chi connectivity index (χ4n) is 1.46. The van der Waals surface area contributed by atoms with Crippen molar-refractivity contribution in [3.63, 3.8) is 0 Å². The summed E-state index contributed by atoms with van der Waals surface area (Å²) in [5.41, 5.74) is 0.486. The van der Waals surface area contributed by atoms with Gasteiger partial charge < -0.3 is 18.9 Å². The number of nitrogens with zero attached hydrogens (tertiary/aromatic N) is 1. The second-order valence-corrected chi connectivity index (χ2v) is 3.78. The molecule has 0 unspecified atom stereocenters. The molecule has 0 aliphatic heterocycles. The van der Waals surface area contributed by atoms with Crippen molar-refractivity contribution in [2.24, 2.45) is 0 Å². The SMILES string of the molecule is COCCCOCCOc1cc(OC)ccc1C#N. The topological polar surface area (TPSA) is 60.7 Å². The van der Waals surface area contributed by atoms with Gasteiger partial charge in [-0.1, -0.05) is 0 Å². The molecule has 104 valence electrons. The van der Waals surface area contributed by atoms with Crippen LogP contribution in [0.5, 0.6) is 11.5 Å². The molecule has 0 saturated carbocycles.